The SMILES string of the molecule is C#CCCCCNC(=O)C1CCOc2ccccc21. The molecule has 0 radical (unpaired) electrons. The third-order valence-corrected chi connectivity index (χ3v) is 3.32. The maximum Gasteiger partial charge on any atom is 0.227 e. The fourth-order valence-corrected chi connectivity index (χ4v) is 2.30. The van der Waals surface area contributed by atoms with Gasteiger partial charge >= 0.3 is 0 Å². The second kappa shape index (κ2) is 6.84. The highest BCUT2D eigenvalue weighted by Crippen LogP contribution is 2.33. The van der Waals surface area contributed by atoms with E-state index in [2.05, 4.69) is 11.2 Å². The fourth-order valence-electron chi connectivity index (χ4n) is 2.30. The van der Waals surface area contributed by atoms with Gasteiger partial charge in [0.05, 0.1) is 12.5 Å². The summed E-state index contributed by atoms with van der Waals surface area (Å²) in [6, 6.07) is 7.76. The number of amides is 1. The molecule has 1 aliphatic rings. The number of fused-ring (bicyclic) bond motifs is 1. The van der Waals surface area contributed by atoms with Gasteiger partial charge in [0.25, 0.3) is 0 Å². The second-order valence-electron chi connectivity index (χ2n) is 4.68. The zero-order chi connectivity index (χ0) is 13.5. The Labute approximate surface area is 114 Å². The number of terminal acetylenes is 1. The fraction of sp³-hybridized carbons (Fsp3) is 0.438. The molecule has 1 unspecified atom stereocenters. The van der Waals surface area contributed by atoms with Gasteiger partial charge in [0, 0.05) is 18.5 Å². The lowest BCUT2D eigenvalue weighted by molar-refractivity contribution is -0.123. The lowest BCUT2D eigenvalue weighted by Gasteiger charge is -2.25. The number of rotatable bonds is 5. The number of carbonyl (C=O) groups excluding carboxylic acids is 1. The van der Waals surface area contributed by atoms with Gasteiger partial charge in [-0.25, -0.2) is 0 Å². The Morgan fingerprint density at radius 3 is 3.11 bits per heavy atom. The van der Waals surface area contributed by atoms with Crippen molar-refractivity contribution in [3.8, 4) is 18.1 Å². The molecule has 1 heterocycles. The minimum atomic E-state index is -0.0856. The van der Waals surface area contributed by atoms with Gasteiger partial charge in [-0.1, -0.05) is 18.2 Å². The Bertz CT molecular complexity index is 476. The van der Waals surface area contributed by atoms with E-state index in [0.29, 0.717) is 13.2 Å². The maximum absolute atomic E-state index is 12.2. The van der Waals surface area contributed by atoms with Crippen LogP contribution in [-0.2, 0) is 4.79 Å². The number of ether oxygens (including phenoxy) is 1. The highest BCUT2D eigenvalue weighted by atomic mass is 16.5. The first-order valence-corrected chi connectivity index (χ1v) is 6.76. The summed E-state index contributed by atoms with van der Waals surface area (Å²) >= 11 is 0. The van der Waals surface area contributed by atoms with E-state index in [1.807, 2.05) is 24.3 Å². The van der Waals surface area contributed by atoms with Crippen molar-refractivity contribution in [2.24, 2.45) is 0 Å². The predicted octanol–water partition coefficient (Wildman–Crippen LogP) is 2.47. The minimum absolute atomic E-state index is 0.0856. The summed E-state index contributed by atoms with van der Waals surface area (Å²) < 4.78 is 5.56. The van der Waals surface area contributed by atoms with Crippen molar-refractivity contribution in [1.82, 2.24) is 5.32 Å². The molecule has 0 saturated carbocycles. The maximum atomic E-state index is 12.2. The molecule has 0 aromatic heterocycles. The lowest BCUT2D eigenvalue weighted by atomic mass is 9.92. The third-order valence-electron chi connectivity index (χ3n) is 3.32. The molecule has 1 aromatic rings. The van der Waals surface area contributed by atoms with Gasteiger partial charge in [-0.3, -0.25) is 4.79 Å². The molecular formula is C16H19NO2. The van der Waals surface area contributed by atoms with E-state index in [1.54, 1.807) is 0 Å². The van der Waals surface area contributed by atoms with Crippen LogP contribution in [0.25, 0.3) is 0 Å². The Balaban J connectivity index is 1.89. The Morgan fingerprint density at radius 1 is 1.42 bits per heavy atom. The first kappa shape index (κ1) is 13.5. The molecule has 0 spiro atoms. The van der Waals surface area contributed by atoms with Gasteiger partial charge in [0.1, 0.15) is 5.75 Å². The lowest BCUT2D eigenvalue weighted by Crippen LogP contribution is -2.33. The molecule has 0 fully saturated rings. The number of nitrogens with one attached hydrogen (secondary N) is 1. The molecule has 2 rings (SSSR count). The van der Waals surface area contributed by atoms with Crippen LogP contribution < -0.4 is 10.1 Å². The number of benzene rings is 1. The summed E-state index contributed by atoms with van der Waals surface area (Å²) in [5, 5.41) is 2.99. The molecular weight excluding hydrogens is 238 g/mol. The molecule has 0 bridgehead atoms. The van der Waals surface area contributed by atoms with Crippen LogP contribution in [0.4, 0.5) is 0 Å². The van der Waals surface area contributed by atoms with Crippen molar-refractivity contribution in [2.45, 2.75) is 31.6 Å². The Kier molecular flexibility index (Phi) is 4.85. The number of carbonyl (C=O) groups is 1. The first-order valence-electron chi connectivity index (χ1n) is 6.76. The number of hydrogen-bond acceptors (Lipinski definition) is 2. The quantitative estimate of drug-likeness (QED) is 0.650. The van der Waals surface area contributed by atoms with Crippen LogP contribution in [0, 0.1) is 12.3 Å². The molecule has 1 aromatic carbocycles. The van der Waals surface area contributed by atoms with Gasteiger partial charge in [0.2, 0.25) is 5.91 Å². The summed E-state index contributed by atoms with van der Waals surface area (Å²) in [7, 11) is 0. The van der Waals surface area contributed by atoms with Crippen LogP contribution in [0.1, 0.15) is 37.2 Å². The average molecular weight is 257 g/mol. The van der Waals surface area contributed by atoms with Crippen molar-refractivity contribution in [3.63, 3.8) is 0 Å². The van der Waals surface area contributed by atoms with E-state index in [1.165, 1.54) is 0 Å². The van der Waals surface area contributed by atoms with Crippen LogP contribution >= 0.6 is 0 Å². The summed E-state index contributed by atoms with van der Waals surface area (Å²) in [6.07, 6.45) is 8.60. The molecule has 1 atom stereocenters. The Hall–Kier alpha value is -1.95. The first-order chi connectivity index (χ1) is 9.33. The number of hydrogen-bond donors (Lipinski definition) is 1. The van der Waals surface area contributed by atoms with Crippen molar-refractivity contribution >= 4 is 5.91 Å². The summed E-state index contributed by atoms with van der Waals surface area (Å²) in [5.74, 6) is 3.45. The molecule has 0 aliphatic carbocycles. The molecule has 19 heavy (non-hydrogen) atoms. The molecule has 3 nitrogen and oxygen atoms in total. The highest BCUT2D eigenvalue weighted by Gasteiger charge is 2.26. The third kappa shape index (κ3) is 3.51. The van der Waals surface area contributed by atoms with Crippen molar-refractivity contribution in [3.05, 3.63) is 29.8 Å². The van der Waals surface area contributed by atoms with Gasteiger partial charge in [-0.2, -0.15) is 0 Å². The van der Waals surface area contributed by atoms with E-state index >= 15 is 0 Å². The molecule has 1 aliphatic heterocycles. The van der Waals surface area contributed by atoms with E-state index in [0.717, 1.165) is 37.0 Å². The predicted molar refractivity (Wildman–Crippen MR) is 75.0 cm³/mol. The van der Waals surface area contributed by atoms with E-state index < -0.39 is 0 Å². The smallest absolute Gasteiger partial charge is 0.227 e. The van der Waals surface area contributed by atoms with Crippen molar-refractivity contribution in [1.29, 1.82) is 0 Å². The summed E-state index contributed by atoms with van der Waals surface area (Å²) in [6.45, 7) is 1.30. The van der Waals surface area contributed by atoms with E-state index in [4.69, 9.17) is 11.2 Å². The largest absolute Gasteiger partial charge is 0.493 e. The molecule has 100 valence electrons. The minimum Gasteiger partial charge on any atom is -0.493 e. The van der Waals surface area contributed by atoms with E-state index in [-0.39, 0.29) is 11.8 Å². The van der Waals surface area contributed by atoms with Crippen molar-refractivity contribution < 1.29 is 9.53 Å². The molecule has 1 amide bonds. The van der Waals surface area contributed by atoms with Gasteiger partial charge < -0.3 is 10.1 Å². The van der Waals surface area contributed by atoms with E-state index in [9.17, 15) is 4.79 Å². The van der Waals surface area contributed by atoms with Crippen LogP contribution in [-0.4, -0.2) is 19.1 Å². The monoisotopic (exact) mass is 257 g/mol. The van der Waals surface area contributed by atoms with Crippen LogP contribution in [0.3, 0.4) is 0 Å². The number of unbranched alkanes of at least 4 members (excludes halogenated alkanes) is 2. The molecule has 0 saturated heterocycles. The summed E-state index contributed by atoms with van der Waals surface area (Å²) in [4.78, 5) is 12.2. The Morgan fingerprint density at radius 2 is 2.26 bits per heavy atom. The second-order valence-corrected chi connectivity index (χ2v) is 4.68. The van der Waals surface area contributed by atoms with Gasteiger partial charge in [-0.15, -0.1) is 12.3 Å². The highest BCUT2D eigenvalue weighted by molar-refractivity contribution is 5.84. The zero-order valence-electron chi connectivity index (χ0n) is 11.0. The molecule has 1 N–H and O–H groups in total. The van der Waals surface area contributed by atoms with Gasteiger partial charge in [-0.05, 0) is 25.3 Å². The van der Waals surface area contributed by atoms with Gasteiger partial charge in [0.15, 0.2) is 0 Å². The zero-order valence-corrected chi connectivity index (χ0v) is 11.0. The summed E-state index contributed by atoms with van der Waals surface area (Å²) in [5.41, 5.74) is 0.995. The standard InChI is InChI=1S/C16H19NO2/c1-2-3-4-7-11-17-16(18)14-10-12-19-15-9-6-5-8-13(14)15/h1,5-6,8-9,14H,3-4,7,10-12H2,(H,17,18). The van der Waals surface area contributed by atoms with Crippen LogP contribution in [0.15, 0.2) is 24.3 Å². The normalized spacial score (nSPS) is 16.9. The van der Waals surface area contributed by atoms with Crippen molar-refractivity contribution in [2.75, 3.05) is 13.2 Å². The topological polar surface area (TPSA) is 38.3 Å². The average Bonchev–Trinajstić information content (AvgIpc) is 2.46. The van der Waals surface area contributed by atoms with Crippen LogP contribution in [0.5, 0.6) is 5.75 Å². The van der Waals surface area contributed by atoms with Crippen LogP contribution in [0.2, 0.25) is 0 Å². The number of para-hydroxylation sites is 1. The molecule has 3 heteroatoms.